The highest BCUT2D eigenvalue weighted by atomic mass is 35.5. The van der Waals surface area contributed by atoms with E-state index in [9.17, 15) is 4.79 Å². The minimum absolute atomic E-state index is 0.0614. The molecule has 2 rings (SSSR count). The Bertz CT molecular complexity index is 659. The fourth-order valence-electron chi connectivity index (χ4n) is 2.08. The Morgan fingerprint density at radius 3 is 2.60 bits per heavy atom. The average molecular weight is 292 g/mol. The van der Waals surface area contributed by atoms with Crippen LogP contribution in [0.4, 0.5) is 0 Å². The second-order valence-electron chi connectivity index (χ2n) is 5.99. The van der Waals surface area contributed by atoms with Crippen LogP contribution in [0.3, 0.4) is 0 Å². The van der Waals surface area contributed by atoms with E-state index in [4.69, 9.17) is 16.7 Å². The Morgan fingerprint density at radius 1 is 1.30 bits per heavy atom. The summed E-state index contributed by atoms with van der Waals surface area (Å²) >= 11 is 6.11. The summed E-state index contributed by atoms with van der Waals surface area (Å²) in [5.74, 6) is -0.829. The molecule has 0 spiro atoms. The zero-order valence-electron chi connectivity index (χ0n) is 11.9. The first-order chi connectivity index (χ1) is 9.27. The number of rotatable bonds is 3. The molecule has 0 bridgehead atoms. The predicted molar refractivity (Wildman–Crippen MR) is 81.4 cm³/mol. The summed E-state index contributed by atoms with van der Waals surface area (Å²) in [6.45, 7) is 6.47. The van der Waals surface area contributed by atoms with E-state index in [0.717, 1.165) is 16.5 Å². The summed E-state index contributed by atoms with van der Waals surface area (Å²) in [7, 11) is 0. The standard InChI is InChI=1S/C16H18ClNO2/c1-16(2,3)12-5-6-13-11(9-12)8-10(15(17)18-13)4-7-14(19)20/h5-6,8-9H,4,7H2,1-3H3,(H,19,20). The molecule has 0 aliphatic carbocycles. The van der Waals surface area contributed by atoms with Crippen molar-refractivity contribution >= 4 is 28.5 Å². The van der Waals surface area contributed by atoms with Gasteiger partial charge in [0.1, 0.15) is 5.15 Å². The number of hydrogen-bond donors (Lipinski definition) is 1. The van der Waals surface area contributed by atoms with Gasteiger partial charge < -0.3 is 5.11 Å². The smallest absolute Gasteiger partial charge is 0.303 e. The van der Waals surface area contributed by atoms with Crippen molar-refractivity contribution in [1.29, 1.82) is 0 Å². The van der Waals surface area contributed by atoms with Crippen LogP contribution in [0.2, 0.25) is 5.15 Å². The van der Waals surface area contributed by atoms with E-state index in [1.165, 1.54) is 5.56 Å². The van der Waals surface area contributed by atoms with Gasteiger partial charge in [-0.15, -0.1) is 0 Å². The lowest BCUT2D eigenvalue weighted by molar-refractivity contribution is -0.136. The second kappa shape index (κ2) is 5.41. The van der Waals surface area contributed by atoms with Gasteiger partial charge in [-0.05, 0) is 41.2 Å². The van der Waals surface area contributed by atoms with Gasteiger partial charge in [-0.25, -0.2) is 4.98 Å². The van der Waals surface area contributed by atoms with E-state index in [-0.39, 0.29) is 11.8 Å². The van der Waals surface area contributed by atoms with Crippen LogP contribution in [0.15, 0.2) is 24.3 Å². The lowest BCUT2D eigenvalue weighted by Crippen LogP contribution is -2.10. The maximum absolute atomic E-state index is 10.7. The Hall–Kier alpha value is -1.61. The van der Waals surface area contributed by atoms with Gasteiger partial charge in [0.05, 0.1) is 5.52 Å². The minimum atomic E-state index is -0.829. The molecule has 3 nitrogen and oxygen atoms in total. The van der Waals surface area contributed by atoms with E-state index >= 15 is 0 Å². The highest BCUT2D eigenvalue weighted by molar-refractivity contribution is 6.30. The van der Waals surface area contributed by atoms with Gasteiger partial charge in [-0.1, -0.05) is 38.4 Å². The normalized spacial score (nSPS) is 11.8. The van der Waals surface area contributed by atoms with Crippen molar-refractivity contribution in [2.24, 2.45) is 0 Å². The molecule has 0 aliphatic heterocycles. The molecule has 20 heavy (non-hydrogen) atoms. The van der Waals surface area contributed by atoms with E-state index in [1.807, 2.05) is 12.1 Å². The quantitative estimate of drug-likeness (QED) is 0.862. The van der Waals surface area contributed by atoms with Crippen molar-refractivity contribution in [3.8, 4) is 0 Å². The van der Waals surface area contributed by atoms with Crippen molar-refractivity contribution in [3.05, 3.63) is 40.5 Å². The minimum Gasteiger partial charge on any atom is -0.481 e. The van der Waals surface area contributed by atoms with Crippen LogP contribution in [-0.4, -0.2) is 16.1 Å². The summed E-state index contributed by atoms with van der Waals surface area (Å²) in [5, 5.41) is 10.2. The van der Waals surface area contributed by atoms with E-state index in [1.54, 1.807) is 0 Å². The van der Waals surface area contributed by atoms with Gasteiger partial charge in [0, 0.05) is 11.8 Å². The molecule has 0 saturated carbocycles. The highest BCUT2D eigenvalue weighted by Crippen LogP contribution is 2.28. The van der Waals surface area contributed by atoms with Gasteiger partial charge in [0.25, 0.3) is 0 Å². The molecule has 106 valence electrons. The summed E-state index contributed by atoms with van der Waals surface area (Å²) < 4.78 is 0. The van der Waals surface area contributed by atoms with Crippen LogP contribution in [0.25, 0.3) is 10.9 Å². The first-order valence-corrected chi connectivity index (χ1v) is 6.96. The summed E-state index contributed by atoms with van der Waals surface area (Å²) in [6.07, 6.45) is 0.461. The molecule has 1 aromatic heterocycles. The number of fused-ring (bicyclic) bond motifs is 1. The molecule has 4 heteroatoms. The molecule has 0 radical (unpaired) electrons. The number of aryl methyl sites for hydroxylation is 1. The van der Waals surface area contributed by atoms with Crippen molar-refractivity contribution in [2.75, 3.05) is 0 Å². The van der Waals surface area contributed by atoms with Crippen molar-refractivity contribution < 1.29 is 9.90 Å². The molecule has 0 saturated heterocycles. The fourth-order valence-corrected chi connectivity index (χ4v) is 2.32. The first-order valence-electron chi connectivity index (χ1n) is 6.59. The highest BCUT2D eigenvalue weighted by Gasteiger charge is 2.15. The maximum Gasteiger partial charge on any atom is 0.303 e. The maximum atomic E-state index is 10.7. The number of halogens is 1. The number of pyridine rings is 1. The third kappa shape index (κ3) is 3.28. The first kappa shape index (κ1) is 14.8. The zero-order chi connectivity index (χ0) is 14.9. The zero-order valence-corrected chi connectivity index (χ0v) is 12.7. The number of carboxylic acids is 1. The summed E-state index contributed by atoms with van der Waals surface area (Å²) in [4.78, 5) is 15.0. The SMILES string of the molecule is CC(C)(C)c1ccc2nc(Cl)c(CCC(=O)O)cc2c1. The Balaban J connectivity index is 2.46. The molecule has 2 aromatic rings. The molecule has 0 unspecified atom stereocenters. The van der Waals surface area contributed by atoms with Crippen molar-refractivity contribution in [2.45, 2.75) is 39.0 Å². The number of carboxylic acid groups (broad SMARTS) is 1. The van der Waals surface area contributed by atoms with Gasteiger partial charge in [-0.3, -0.25) is 4.79 Å². The largest absolute Gasteiger partial charge is 0.481 e. The van der Waals surface area contributed by atoms with Crippen LogP contribution in [-0.2, 0) is 16.6 Å². The van der Waals surface area contributed by atoms with Gasteiger partial charge >= 0.3 is 5.97 Å². The Morgan fingerprint density at radius 2 is 2.00 bits per heavy atom. The van der Waals surface area contributed by atoms with E-state index < -0.39 is 5.97 Å². The molecule has 0 fully saturated rings. The molecular formula is C16H18ClNO2. The van der Waals surface area contributed by atoms with Crippen LogP contribution in [0.1, 0.15) is 38.3 Å². The molecule has 1 N–H and O–H groups in total. The number of hydrogen-bond acceptors (Lipinski definition) is 2. The van der Waals surface area contributed by atoms with Gasteiger partial charge in [-0.2, -0.15) is 0 Å². The molecule has 0 aliphatic rings. The van der Waals surface area contributed by atoms with Crippen LogP contribution >= 0.6 is 11.6 Å². The predicted octanol–water partition coefficient (Wildman–Crippen LogP) is 4.20. The number of aliphatic carboxylic acids is 1. The average Bonchev–Trinajstić information content (AvgIpc) is 2.34. The second-order valence-corrected chi connectivity index (χ2v) is 6.35. The number of benzene rings is 1. The molecule has 1 aromatic carbocycles. The molecule has 1 heterocycles. The fraction of sp³-hybridized carbons (Fsp3) is 0.375. The number of aromatic nitrogens is 1. The van der Waals surface area contributed by atoms with E-state index in [2.05, 4.69) is 37.9 Å². The number of nitrogens with zero attached hydrogens (tertiary/aromatic N) is 1. The number of carbonyl (C=O) groups is 1. The molecular weight excluding hydrogens is 274 g/mol. The van der Waals surface area contributed by atoms with Crippen molar-refractivity contribution in [3.63, 3.8) is 0 Å². The van der Waals surface area contributed by atoms with Crippen LogP contribution in [0, 0.1) is 0 Å². The Kier molecular flexibility index (Phi) is 4.00. The topological polar surface area (TPSA) is 50.2 Å². The van der Waals surface area contributed by atoms with Crippen molar-refractivity contribution in [1.82, 2.24) is 4.98 Å². The van der Waals surface area contributed by atoms with E-state index in [0.29, 0.717) is 11.6 Å². The van der Waals surface area contributed by atoms with Crippen LogP contribution in [0.5, 0.6) is 0 Å². The lowest BCUT2D eigenvalue weighted by Gasteiger charge is -2.19. The summed E-state index contributed by atoms with van der Waals surface area (Å²) in [6, 6.07) is 8.07. The van der Waals surface area contributed by atoms with Gasteiger partial charge in [0.2, 0.25) is 0 Å². The Labute approximate surface area is 123 Å². The molecule has 0 amide bonds. The van der Waals surface area contributed by atoms with Crippen LogP contribution < -0.4 is 0 Å². The van der Waals surface area contributed by atoms with Gasteiger partial charge in [0.15, 0.2) is 0 Å². The lowest BCUT2D eigenvalue weighted by atomic mass is 9.86. The third-order valence-electron chi connectivity index (χ3n) is 3.32. The molecule has 0 atom stereocenters. The summed E-state index contributed by atoms with van der Waals surface area (Å²) in [5.41, 5.74) is 2.91. The monoisotopic (exact) mass is 291 g/mol. The third-order valence-corrected chi connectivity index (χ3v) is 3.64.